The zero-order chi connectivity index (χ0) is 10.6. The fourth-order valence-electron chi connectivity index (χ4n) is 1.03. The number of carbonyl (C=O) groups is 1. The summed E-state index contributed by atoms with van der Waals surface area (Å²) in [5.41, 5.74) is 6.56. The van der Waals surface area contributed by atoms with Gasteiger partial charge in [-0.05, 0) is 12.1 Å². The van der Waals surface area contributed by atoms with E-state index >= 15 is 0 Å². The SMILES string of the molecule is COC(=O)N(OC)c1ccccc1N. The van der Waals surface area contributed by atoms with Gasteiger partial charge in [-0.1, -0.05) is 12.1 Å². The number of carbonyl (C=O) groups excluding carboxylic acids is 1. The summed E-state index contributed by atoms with van der Waals surface area (Å²) in [6.45, 7) is 0. The largest absolute Gasteiger partial charge is 0.451 e. The number of benzene rings is 1. The van der Waals surface area contributed by atoms with E-state index in [0.29, 0.717) is 11.4 Å². The smallest absolute Gasteiger partial charge is 0.438 e. The van der Waals surface area contributed by atoms with Gasteiger partial charge in [0.25, 0.3) is 0 Å². The third-order valence-electron chi connectivity index (χ3n) is 1.68. The molecule has 0 unspecified atom stereocenters. The van der Waals surface area contributed by atoms with Crippen LogP contribution in [0.2, 0.25) is 0 Å². The van der Waals surface area contributed by atoms with Crippen molar-refractivity contribution in [2.75, 3.05) is 25.0 Å². The molecule has 0 aromatic heterocycles. The fourth-order valence-corrected chi connectivity index (χ4v) is 1.03. The summed E-state index contributed by atoms with van der Waals surface area (Å²) in [7, 11) is 2.64. The first-order valence-corrected chi connectivity index (χ1v) is 3.97. The van der Waals surface area contributed by atoms with Crippen molar-refractivity contribution in [1.82, 2.24) is 0 Å². The van der Waals surface area contributed by atoms with Crippen LogP contribution in [0.1, 0.15) is 0 Å². The van der Waals surface area contributed by atoms with Crippen LogP contribution in [-0.2, 0) is 9.57 Å². The minimum atomic E-state index is -0.620. The number of rotatable bonds is 2. The minimum absolute atomic E-state index is 0.444. The normalized spacial score (nSPS) is 9.57. The number of hydroxylamine groups is 1. The van der Waals surface area contributed by atoms with Crippen LogP contribution in [0.3, 0.4) is 0 Å². The van der Waals surface area contributed by atoms with Gasteiger partial charge in [0.1, 0.15) is 0 Å². The average molecular weight is 196 g/mol. The number of para-hydroxylation sites is 2. The molecule has 1 aromatic carbocycles. The van der Waals surface area contributed by atoms with Crippen LogP contribution in [0.15, 0.2) is 24.3 Å². The van der Waals surface area contributed by atoms with Gasteiger partial charge in [0, 0.05) is 0 Å². The zero-order valence-electron chi connectivity index (χ0n) is 8.06. The van der Waals surface area contributed by atoms with Crippen molar-refractivity contribution in [2.24, 2.45) is 0 Å². The molecule has 1 amide bonds. The Balaban J connectivity index is 3.01. The van der Waals surface area contributed by atoms with Crippen LogP contribution in [0.4, 0.5) is 16.2 Å². The Morgan fingerprint density at radius 2 is 2.00 bits per heavy atom. The molecule has 0 atom stereocenters. The summed E-state index contributed by atoms with van der Waals surface area (Å²) in [4.78, 5) is 16.1. The second kappa shape index (κ2) is 4.48. The number of nitrogen functional groups attached to an aromatic ring is 1. The van der Waals surface area contributed by atoms with E-state index in [0.717, 1.165) is 5.06 Å². The van der Waals surface area contributed by atoms with Gasteiger partial charge in [-0.15, -0.1) is 0 Å². The summed E-state index contributed by atoms with van der Waals surface area (Å²) >= 11 is 0. The van der Waals surface area contributed by atoms with Crippen molar-refractivity contribution in [3.05, 3.63) is 24.3 Å². The molecule has 0 heterocycles. The monoisotopic (exact) mass is 196 g/mol. The van der Waals surface area contributed by atoms with Crippen molar-refractivity contribution in [1.29, 1.82) is 0 Å². The van der Waals surface area contributed by atoms with Gasteiger partial charge < -0.3 is 10.5 Å². The molecule has 0 radical (unpaired) electrons. The van der Waals surface area contributed by atoms with E-state index in [1.54, 1.807) is 24.3 Å². The van der Waals surface area contributed by atoms with Gasteiger partial charge in [0.2, 0.25) is 0 Å². The van der Waals surface area contributed by atoms with Crippen LogP contribution >= 0.6 is 0 Å². The summed E-state index contributed by atoms with van der Waals surface area (Å²) < 4.78 is 4.52. The molecular formula is C9H12N2O3. The second-order valence-electron chi connectivity index (χ2n) is 2.51. The highest BCUT2D eigenvalue weighted by Gasteiger charge is 2.17. The molecule has 0 bridgehead atoms. The van der Waals surface area contributed by atoms with E-state index < -0.39 is 6.09 Å². The van der Waals surface area contributed by atoms with Gasteiger partial charge >= 0.3 is 6.09 Å². The molecule has 5 heteroatoms. The maximum Gasteiger partial charge on any atom is 0.438 e. The molecule has 2 N–H and O–H groups in total. The summed E-state index contributed by atoms with van der Waals surface area (Å²) in [5.74, 6) is 0. The standard InChI is InChI=1S/C9H12N2O3/c1-13-9(12)11(14-2)8-6-4-3-5-7(8)10/h3-6H,10H2,1-2H3. The lowest BCUT2D eigenvalue weighted by Gasteiger charge is -2.19. The predicted octanol–water partition coefficient (Wildman–Crippen LogP) is 1.40. The quantitative estimate of drug-likeness (QED) is 0.573. The van der Waals surface area contributed by atoms with Crippen LogP contribution in [-0.4, -0.2) is 20.3 Å². The van der Waals surface area contributed by atoms with Gasteiger partial charge in [-0.2, -0.15) is 5.06 Å². The topological polar surface area (TPSA) is 64.8 Å². The number of nitrogens with zero attached hydrogens (tertiary/aromatic N) is 1. The van der Waals surface area contributed by atoms with E-state index in [-0.39, 0.29) is 0 Å². The molecule has 76 valence electrons. The third-order valence-corrected chi connectivity index (χ3v) is 1.68. The molecule has 0 aliphatic carbocycles. The molecule has 1 aromatic rings. The van der Waals surface area contributed by atoms with Gasteiger partial charge in [0.15, 0.2) is 0 Å². The van der Waals surface area contributed by atoms with E-state index in [2.05, 4.69) is 4.74 Å². The van der Waals surface area contributed by atoms with E-state index in [4.69, 9.17) is 10.6 Å². The lowest BCUT2D eigenvalue weighted by Crippen LogP contribution is -2.30. The predicted molar refractivity (Wildman–Crippen MR) is 52.7 cm³/mol. The first-order valence-electron chi connectivity index (χ1n) is 3.97. The highest BCUT2D eigenvalue weighted by Crippen LogP contribution is 2.22. The summed E-state index contributed by atoms with van der Waals surface area (Å²) in [6, 6.07) is 6.85. The van der Waals surface area contributed by atoms with Gasteiger partial charge in [-0.3, -0.25) is 4.84 Å². The molecule has 0 aliphatic rings. The van der Waals surface area contributed by atoms with Crippen molar-refractivity contribution < 1.29 is 14.4 Å². The fraction of sp³-hybridized carbons (Fsp3) is 0.222. The number of ether oxygens (including phenoxy) is 1. The number of nitrogens with two attached hydrogens (primary N) is 1. The highest BCUT2D eigenvalue weighted by molar-refractivity contribution is 5.89. The maximum atomic E-state index is 11.2. The molecule has 0 saturated carbocycles. The Morgan fingerprint density at radius 1 is 1.36 bits per heavy atom. The molecule has 1 rings (SSSR count). The van der Waals surface area contributed by atoms with E-state index in [1.807, 2.05) is 0 Å². The van der Waals surface area contributed by atoms with Crippen LogP contribution < -0.4 is 10.8 Å². The van der Waals surface area contributed by atoms with Gasteiger partial charge in [0.05, 0.1) is 25.6 Å². The lowest BCUT2D eigenvalue weighted by atomic mass is 10.3. The van der Waals surface area contributed by atoms with E-state index in [9.17, 15) is 4.79 Å². The van der Waals surface area contributed by atoms with Crippen molar-refractivity contribution in [2.45, 2.75) is 0 Å². The van der Waals surface area contributed by atoms with Crippen LogP contribution in [0.25, 0.3) is 0 Å². The van der Waals surface area contributed by atoms with Gasteiger partial charge in [-0.25, -0.2) is 4.79 Å². The molecule has 0 aliphatic heterocycles. The van der Waals surface area contributed by atoms with Crippen molar-refractivity contribution >= 4 is 17.5 Å². The molecule has 0 spiro atoms. The number of hydrogen-bond acceptors (Lipinski definition) is 4. The summed E-state index contributed by atoms with van der Waals surface area (Å²) in [6.07, 6.45) is -0.620. The number of anilines is 2. The van der Waals surface area contributed by atoms with E-state index in [1.165, 1.54) is 14.2 Å². The maximum absolute atomic E-state index is 11.2. The molecule has 0 saturated heterocycles. The Morgan fingerprint density at radius 3 is 2.50 bits per heavy atom. The Labute approximate surface area is 82.0 Å². The molecular weight excluding hydrogens is 184 g/mol. The van der Waals surface area contributed by atoms with Crippen molar-refractivity contribution in [3.8, 4) is 0 Å². The first kappa shape index (κ1) is 10.3. The first-order chi connectivity index (χ1) is 6.70. The van der Waals surface area contributed by atoms with Crippen molar-refractivity contribution in [3.63, 3.8) is 0 Å². The Kier molecular flexibility index (Phi) is 3.30. The molecule has 5 nitrogen and oxygen atoms in total. The lowest BCUT2D eigenvalue weighted by molar-refractivity contribution is 0.116. The Bertz CT molecular complexity index is 328. The highest BCUT2D eigenvalue weighted by atomic mass is 16.7. The number of hydrogen-bond donors (Lipinski definition) is 1. The van der Waals surface area contributed by atoms with Crippen LogP contribution in [0.5, 0.6) is 0 Å². The second-order valence-corrected chi connectivity index (χ2v) is 2.51. The molecule has 0 fully saturated rings. The van der Waals surface area contributed by atoms with Crippen LogP contribution in [0, 0.1) is 0 Å². The average Bonchev–Trinajstić information content (AvgIpc) is 2.21. The number of methoxy groups -OCH3 is 1. The third kappa shape index (κ3) is 1.94. The number of amides is 1. The Hall–Kier alpha value is -1.75. The minimum Gasteiger partial charge on any atom is -0.451 e. The zero-order valence-corrected chi connectivity index (χ0v) is 8.06. The molecule has 14 heavy (non-hydrogen) atoms. The summed E-state index contributed by atoms with van der Waals surface area (Å²) in [5, 5.41) is 0.981.